The topological polar surface area (TPSA) is 62.1 Å². The SMILES string of the molecule is CC(C)CC(NC(=O)OCc1ccccc1)c1cccc(C#N)c1. The van der Waals surface area contributed by atoms with Crippen LogP contribution in [-0.4, -0.2) is 6.09 Å². The average molecular weight is 322 g/mol. The van der Waals surface area contributed by atoms with Crippen molar-refractivity contribution in [3.8, 4) is 6.07 Å². The highest BCUT2D eigenvalue weighted by molar-refractivity contribution is 5.68. The van der Waals surface area contributed by atoms with Crippen LogP contribution in [0.25, 0.3) is 0 Å². The fraction of sp³-hybridized carbons (Fsp3) is 0.300. The number of ether oxygens (including phenoxy) is 1. The molecule has 2 aromatic carbocycles. The number of hydrogen-bond acceptors (Lipinski definition) is 3. The first-order valence-corrected chi connectivity index (χ1v) is 8.05. The number of nitriles is 1. The molecule has 1 amide bonds. The van der Waals surface area contributed by atoms with Crippen molar-refractivity contribution in [3.05, 3.63) is 71.3 Å². The molecule has 0 aliphatic rings. The van der Waals surface area contributed by atoms with E-state index in [0.717, 1.165) is 17.5 Å². The normalized spacial score (nSPS) is 11.6. The maximum atomic E-state index is 12.1. The van der Waals surface area contributed by atoms with Crippen molar-refractivity contribution in [2.45, 2.75) is 32.9 Å². The molecule has 0 aromatic heterocycles. The Hall–Kier alpha value is -2.80. The standard InChI is InChI=1S/C20H22N2O2/c1-15(2)11-19(18-10-6-9-17(12-18)13-21)22-20(23)24-14-16-7-4-3-5-8-16/h3-10,12,15,19H,11,14H2,1-2H3,(H,22,23). The molecule has 0 fully saturated rings. The molecule has 0 saturated heterocycles. The largest absolute Gasteiger partial charge is 0.445 e. The van der Waals surface area contributed by atoms with E-state index >= 15 is 0 Å². The zero-order valence-corrected chi connectivity index (χ0v) is 14.0. The van der Waals surface area contributed by atoms with Crippen molar-refractivity contribution in [2.24, 2.45) is 5.92 Å². The van der Waals surface area contributed by atoms with Gasteiger partial charge in [-0.15, -0.1) is 0 Å². The molecule has 0 aliphatic heterocycles. The fourth-order valence-electron chi connectivity index (χ4n) is 2.48. The third kappa shape index (κ3) is 5.44. The number of benzene rings is 2. The van der Waals surface area contributed by atoms with Crippen molar-refractivity contribution in [3.63, 3.8) is 0 Å². The van der Waals surface area contributed by atoms with Crippen LogP contribution in [0.3, 0.4) is 0 Å². The summed E-state index contributed by atoms with van der Waals surface area (Å²) in [5.74, 6) is 0.398. The summed E-state index contributed by atoms with van der Waals surface area (Å²) >= 11 is 0. The lowest BCUT2D eigenvalue weighted by Gasteiger charge is -2.21. The van der Waals surface area contributed by atoms with Crippen LogP contribution in [0.5, 0.6) is 0 Å². The van der Waals surface area contributed by atoms with Gasteiger partial charge in [0.2, 0.25) is 0 Å². The van der Waals surface area contributed by atoms with E-state index in [0.29, 0.717) is 11.5 Å². The van der Waals surface area contributed by atoms with Crippen LogP contribution >= 0.6 is 0 Å². The summed E-state index contributed by atoms with van der Waals surface area (Å²) in [5.41, 5.74) is 2.44. The summed E-state index contributed by atoms with van der Waals surface area (Å²) < 4.78 is 5.30. The third-order valence-electron chi connectivity index (χ3n) is 3.63. The monoisotopic (exact) mass is 322 g/mol. The van der Waals surface area contributed by atoms with Gasteiger partial charge in [0.15, 0.2) is 0 Å². The zero-order chi connectivity index (χ0) is 17.4. The lowest BCUT2D eigenvalue weighted by molar-refractivity contribution is 0.134. The number of carbonyl (C=O) groups is 1. The second kappa shape index (κ2) is 8.73. The number of nitrogens with zero attached hydrogens (tertiary/aromatic N) is 1. The molecule has 2 aromatic rings. The average Bonchev–Trinajstić information content (AvgIpc) is 2.60. The molecule has 4 heteroatoms. The number of carbonyl (C=O) groups excluding carboxylic acids is 1. The summed E-state index contributed by atoms with van der Waals surface area (Å²) in [7, 11) is 0. The van der Waals surface area contributed by atoms with E-state index in [4.69, 9.17) is 10.00 Å². The highest BCUT2D eigenvalue weighted by Crippen LogP contribution is 2.22. The van der Waals surface area contributed by atoms with Crippen LogP contribution in [0.1, 0.15) is 43.0 Å². The van der Waals surface area contributed by atoms with Gasteiger partial charge in [0, 0.05) is 0 Å². The van der Waals surface area contributed by atoms with Crippen LogP contribution in [0.4, 0.5) is 4.79 Å². The van der Waals surface area contributed by atoms with Gasteiger partial charge in [-0.25, -0.2) is 4.79 Å². The Balaban J connectivity index is 2.02. The molecular weight excluding hydrogens is 300 g/mol. The zero-order valence-electron chi connectivity index (χ0n) is 14.0. The van der Waals surface area contributed by atoms with Crippen LogP contribution < -0.4 is 5.32 Å². The minimum absolute atomic E-state index is 0.179. The van der Waals surface area contributed by atoms with Crippen molar-refractivity contribution < 1.29 is 9.53 Å². The predicted molar refractivity (Wildman–Crippen MR) is 93.1 cm³/mol. The van der Waals surface area contributed by atoms with E-state index in [-0.39, 0.29) is 12.6 Å². The molecule has 2 rings (SSSR count). The lowest BCUT2D eigenvalue weighted by atomic mass is 9.96. The van der Waals surface area contributed by atoms with Crippen molar-refractivity contribution in [1.82, 2.24) is 5.32 Å². The summed E-state index contributed by atoms with van der Waals surface area (Å²) in [6, 6.07) is 18.8. The van der Waals surface area contributed by atoms with E-state index in [1.54, 1.807) is 6.07 Å². The summed E-state index contributed by atoms with van der Waals surface area (Å²) in [5, 5.41) is 12.0. The van der Waals surface area contributed by atoms with Gasteiger partial charge in [0.05, 0.1) is 17.7 Å². The van der Waals surface area contributed by atoms with Crippen LogP contribution in [-0.2, 0) is 11.3 Å². The molecule has 1 atom stereocenters. The van der Waals surface area contributed by atoms with Crippen LogP contribution in [0, 0.1) is 17.2 Å². The first-order chi connectivity index (χ1) is 11.6. The van der Waals surface area contributed by atoms with Gasteiger partial charge in [-0.2, -0.15) is 5.26 Å². The molecule has 0 saturated carbocycles. The van der Waals surface area contributed by atoms with E-state index in [2.05, 4.69) is 25.2 Å². The fourth-order valence-corrected chi connectivity index (χ4v) is 2.48. The first kappa shape index (κ1) is 17.6. The molecule has 4 nitrogen and oxygen atoms in total. The van der Waals surface area contributed by atoms with Gasteiger partial charge in [-0.3, -0.25) is 0 Å². The second-order valence-corrected chi connectivity index (χ2v) is 6.13. The minimum Gasteiger partial charge on any atom is -0.445 e. The molecule has 0 radical (unpaired) electrons. The highest BCUT2D eigenvalue weighted by atomic mass is 16.5. The Kier molecular flexibility index (Phi) is 6.39. The molecule has 1 N–H and O–H groups in total. The van der Waals surface area contributed by atoms with Gasteiger partial charge >= 0.3 is 6.09 Å². The molecule has 0 bridgehead atoms. The molecule has 1 unspecified atom stereocenters. The smallest absolute Gasteiger partial charge is 0.407 e. The number of nitrogens with one attached hydrogen (secondary N) is 1. The van der Waals surface area contributed by atoms with Crippen molar-refractivity contribution in [2.75, 3.05) is 0 Å². The molecule has 0 heterocycles. The Labute approximate surface area is 143 Å². The van der Waals surface area contributed by atoms with Gasteiger partial charge in [-0.1, -0.05) is 56.3 Å². The van der Waals surface area contributed by atoms with Gasteiger partial charge < -0.3 is 10.1 Å². The highest BCUT2D eigenvalue weighted by Gasteiger charge is 2.17. The van der Waals surface area contributed by atoms with Gasteiger partial charge in [-0.05, 0) is 35.6 Å². The quantitative estimate of drug-likeness (QED) is 0.847. The van der Waals surface area contributed by atoms with Crippen molar-refractivity contribution >= 4 is 6.09 Å². The van der Waals surface area contributed by atoms with Crippen molar-refractivity contribution in [1.29, 1.82) is 5.26 Å². The van der Waals surface area contributed by atoms with E-state index in [1.165, 1.54) is 0 Å². The van der Waals surface area contributed by atoms with Gasteiger partial charge in [0.1, 0.15) is 6.61 Å². The van der Waals surface area contributed by atoms with E-state index in [1.807, 2.05) is 48.5 Å². The minimum atomic E-state index is -0.452. The molecule has 24 heavy (non-hydrogen) atoms. The molecule has 0 aliphatic carbocycles. The van der Waals surface area contributed by atoms with E-state index < -0.39 is 6.09 Å². The number of rotatable bonds is 6. The van der Waals surface area contributed by atoms with Crippen LogP contribution in [0.2, 0.25) is 0 Å². The second-order valence-electron chi connectivity index (χ2n) is 6.13. The summed E-state index contributed by atoms with van der Waals surface area (Å²) in [6.07, 6.45) is 0.321. The lowest BCUT2D eigenvalue weighted by Crippen LogP contribution is -2.30. The predicted octanol–water partition coefficient (Wildman–Crippen LogP) is 4.57. The Morgan fingerprint density at radius 1 is 1.17 bits per heavy atom. The Morgan fingerprint density at radius 3 is 2.58 bits per heavy atom. The number of hydrogen-bond donors (Lipinski definition) is 1. The Bertz CT molecular complexity index is 705. The third-order valence-corrected chi connectivity index (χ3v) is 3.63. The molecular formula is C20H22N2O2. The summed E-state index contributed by atoms with van der Waals surface area (Å²) in [4.78, 5) is 12.1. The number of alkyl carbamates (subject to hydrolysis) is 1. The number of amides is 1. The molecule has 0 spiro atoms. The van der Waals surface area contributed by atoms with Crippen LogP contribution in [0.15, 0.2) is 54.6 Å². The summed E-state index contributed by atoms with van der Waals surface area (Å²) in [6.45, 7) is 4.43. The van der Waals surface area contributed by atoms with Gasteiger partial charge in [0.25, 0.3) is 0 Å². The maximum absolute atomic E-state index is 12.1. The Morgan fingerprint density at radius 2 is 1.92 bits per heavy atom. The van der Waals surface area contributed by atoms with E-state index in [9.17, 15) is 4.79 Å². The first-order valence-electron chi connectivity index (χ1n) is 8.05. The molecule has 124 valence electrons. The maximum Gasteiger partial charge on any atom is 0.407 e.